The summed E-state index contributed by atoms with van der Waals surface area (Å²) in [7, 11) is 0. The zero-order chi connectivity index (χ0) is 17.8. The lowest BCUT2D eigenvalue weighted by atomic mass is 10.2. The SMILES string of the molecule is O=C(COc1ccc(F)cc1Br)N1CCN(c2ccccc2Cl)CC1. The van der Waals surface area contributed by atoms with Gasteiger partial charge in [0.05, 0.1) is 15.2 Å². The van der Waals surface area contributed by atoms with E-state index in [1.54, 1.807) is 4.90 Å². The van der Waals surface area contributed by atoms with E-state index < -0.39 is 0 Å². The minimum Gasteiger partial charge on any atom is -0.483 e. The second-order valence-corrected chi connectivity index (χ2v) is 6.94. The summed E-state index contributed by atoms with van der Waals surface area (Å²) in [5, 5.41) is 0.715. The number of carbonyl (C=O) groups excluding carboxylic acids is 1. The van der Waals surface area contributed by atoms with Gasteiger partial charge in [0.25, 0.3) is 5.91 Å². The Morgan fingerprint density at radius 3 is 2.56 bits per heavy atom. The molecule has 1 aliphatic rings. The lowest BCUT2D eigenvalue weighted by Crippen LogP contribution is -2.50. The Balaban J connectivity index is 1.52. The molecule has 0 unspecified atom stereocenters. The fourth-order valence-corrected chi connectivity index (χ4v) is 3.45. The lowest BCUT2D eigenvalue weighted by molar-refractivity contribution is -0.133. The first kappa shape index (κ1) is 18.0. The van der Waals surface area contributed by atoms with Crippen LogP contribution in [-0.4, -0.2) is 43.6 Å². The van der Waals surface area contributed by atoms with E-state index in [9.17, 15) is 9.18 Å². The van der Waals surface area contributed by atoms with Gasteiger partial charge in [-0.1, -0.05) is 23.7 Å². The molecule has 1 amide bonds. The Morgan fingerprint density at radius 2 is 1.88 bits per heavy atom. The third-order valence-electron chi connectivity index (χ3n) is 4.07. The molecule has 3 rings (SSSR count). The molecule has 7 heteroatoms. The fourth-order valence-electron chi connectivity index (χ4n) is 2.73. The molecule has 0 aliphatic carbocycles. The summed E-state index contributed by atoms with van der Waals surface area (Å²) >= 11 is 9.45. The lowest BCUT2D eigenvalue weighted by Gasteiger charge is -2.36. The van der Waals surface area contributed by atoms with Crippen molar-refractivity contribution in [2.75, 3.05) is 37.7 Å². The number of carbonyl (C=O) groups is 1. The Labute approximate surface area is 159 Å². The number of halogens is 3. The maximum absolute atomic E-state index is 13.1. The van der Waals surface area contributed by atoms with Crippen molar-refractivity contribution < 1.29 is 13.9 Å². The summed E-state index contributed by atoms with van der Waals surface area (Å²) in [6.07, 6.45) is 0. The molecular weight excluding hydrogens is 411 g/mol. The second-order valence-electron chi connectivity index (χ2n) is 5.68. The van der Waals surface area contributed by atoms with E-state index in [0.717, 1.165) is 18.8 Å². The van der Waals surface area contributed by atoms with E-state index >= 15 is 0 Å². The first-order chi connectivity index (χ1) is 12.0. The van der Waals surface area contributed by atoms with Crippen molar-refractivity contribution in [3.63, 3.8) is 0 Å². The Kier molecular flexibility index (Phi) is 5.81. The van der Waals surface area contributed by atoms with Gasteiger partial charge in [-0.15, -0.1) is 0 Å². The topological polar surface area (TPSA) is 32.8 Å². The number of amides is 1. The monoisotopic (exact) mass is 426 g/mol. The first-order valence-corrected chi connectivity index (χ1v) is 9.07. The predicted molar refractivity (Wildman–Crippen MR) is 99.8 cm³/mol. The van der Waals surface area contributed by atoms with Crippen molar-refractivity contribution in [3.8, 4) is 5.75 Å². The molecule has 4 nitrogen and oxygen atoms in total. The van der Waals surface area contributed by atoms with Gasteiger partial charge in [-0.3, -0.25) is 4.79 Å². The van der Waals surface area contributed by atoms with E-state index in [1.165, 1.54) is 18.2 Å². The molecule has 1 aliphatic heterocycles. The van der Waals surface area contributed by atoms with Gasteiger partial charge in [0.1, 0.15) is 11.6 Å². The van der Waals surface area contributed by atoms with Crippen molar-refractivity contribution in [2.45, 2.75) is 0 Å². The van der Waals surface area contributed by atoms with Gasteiger partial charge in [0, 0.05) is 26.2 Å². The van der Waals surface area contributed by atoms with Crippen LogP contribution in [0, 0.1) is 5.82 Å². The summed E-state index contributed by atoms with van der Waals surface area (Å²) < 4.78 is 19.1. The van der Waals surface area contributed by atoms with Crippen molar-refractivity contribution in [2.24, 2.45) is 0 Å². The maximum Gasteiger partial charge on any atom is 0.260 e. The highest BCUT2D eigenvalue weighted by Crippen LogP contribution is 2.27. The quantitative estimate of drug-likeness (QED) is 0.740. The molecule has 25 heavy (non-hydrogen) atoms. The normalized spacial score (nSPS) is 14.5. The van der Waals surface area contributed by atoms with Gasteiger partial charge in [-0.05, 0) is 46.3 Å². The number of hydrogen-bond acceptors (Lipinski definition) is 3. The molecule has 2 aromatic rings. The third kappa shape index (κ3) is 4.44. The number of nitrogens with zero attached hydrogens (tertiary/aromatic N) is 2. The molecule has 2 aromatic carbocycles. The molecular formula is C18H17BrClFN2O2. The molecule has 1 saturated heterocycles. The Bertz CT molecular complexity index is 766. The summed E-state index contributed by atoms with van der Waals surface area (Å²) in [5.74, 6) is 0.000679. The van der Waals surface area contributed by atoms with Crippen LogP contribution in [0.1, 0.15) is 0 Å². The van der Waals surface area contributed by atoms with E-state index in [1.807, 2.05) is 24.3 Å². The molecule has 1 fully saturated rings. The molecule has 132 valence electrons. The third-order valence-corrected chi connectivity index (χ3v) is 5.01. The van der Waals surface area contributed by atoms with Crippen LogP contribution < -0.4 is 9.64 Å². The number of benzene rings is 2. The van der Waals surface area contributed by atoms with E-state index in [2.05, 4.69) is 20.8 Å². The molecule has 1 heterocycles. The van der Waals surface area contributed by atoms with E-state index in [0.29, 0.717) is 28.3 Å². The van der Waals surface area contributed by atoms with Crippen LogP contribution in [0.5, 0.6) is 5.75 Å². The summed E-state index contributed by atoms with van der Waals surface area (Å²) in [6.45, 7) is 2.58. The van der Waals surface area contributed by atoms with Crippen LogP contribution in [0.3, 0.4) is 0 Å². The standard InChI is InChI=1S/C18H17BrClFN2O2/c19-14-11-13(21)5-6-17(14)25-12-18(24)23-9-7-22(8-10-23)16-4-2-1-3-15(16)20/h1-6,11H,7-10,12H2. The van der Waals surface area contributed by atoms with Crippen LogP contribution in [0.15, 0.2) is 46.9 Å². The number of piperazine rings is 1. The summed E-state index contributed by atoms with van der Waals surface area (Å²) in [4.78, 5) is 16.3. The number of hydrogen-bond donors (Lipinski definition) is 0. The van der Waals surface area contributed by atoms with Gasteiger partial charge in [0.2, 0.25) is 0 Å². The average Bonchev–Trinajstić information content (AvgIpc) is 2.61. The molecule has 0 atom stereocenters. The molecule has 0 N–H and O–H groups in total. The summed E-state index contributed by atoms with van der Waals surface area (Å²) in [6, 6.07) is 11.8. The zero-order valence-electron chi connectivity index (χ0n) is 13.4. The van der Waals surface area contributed by atoms with Crippen LogP contribution in [-0.2, 0) is 4.79 Å². The van der Waals surface area contributed by atoms with Crippen LogP contribution in [0.25, 0.3) is 0 Å². The second kappa shape index (κ2) is 8.06. The smallest absolute Gasteiger partial charge is 0.260 e. The minimum absolute atomic E-state index is 0.0731. The summed E-state index contributed by atoms with van der Waals surface area (Å²) in [5.41, 5.74) is 0.989. The van der Waals surface area contributed by atoms with Gasteiger partial charge < -0.3 is 14.5 Å². The largest absolute Gasteiger partial charge is 0.483 e. The van der Waals surface area contributed by atoms with Crippen molar-refractivity contribution in [1.82, 2.24) is 4.90 Å². The minimum atomic E-state index is -0.360. The van der Waals surface area contributed by atoms with Crippen molar-refractivity contribution >= 4 is 39.1 Å². The highest BCUT2D eigenvalue weighted by Gasteiger charge is 2.22. The molecule has 0 saturated carbocycles. The van der Waals surface area contributed by atoms with E-state index in [-0.39, 0.29) is 18.3 Å². The van der Waals surface area contributed by atoms with Gasteiger partial charge in [-0.25, -0.2) is 4.39 Å². The van der Waals surface area contributed by atoms with Crippen LogP contribution in [0.4, 0.5) is 10.1 Å². The van der Waals surface area contributed by atoms with Crippen LogP contribution in [0.2, 0.25) is 5.02 Å². The van der Waals surface area contributed by atoms with Gasteiger partial charge in [0.15, 0.2) is 6.61 Å². The molecule has 0 bridgehead atoms. The molecule has 0 spiro atoms. The maximum atomic E-state index is 13.1. The fraction of sp³-hybridized carbons (Fsp3) is 0.278. The number of para-hydroxylation sites is 1. The number of anilines is 1. The Hall–Kier alpha value is -1.79. The van der Waals surface area contributed by atoms with Crippen molar-refractivity contribution in [1.29, 1.82) is 0 Å². The highest BCUT2D eigenvalue weighted by molar-refractivity contribution is 9.10. The van der Waals surface area contributed by atoms with Gasteiger partial charge >= 0.3 is 0 Å². The Morgan fingerprint density at radius 1 is 1.16 bits per heavy atom. The molecule has 0 radical (unpaired) electrons. The van der Waals surface area contributed by atoms with Gasteiger partial charge in [-0.2, -0.15) is 0 Å². The molecule has 0 aromatic heterocycles. The highest BCUT2D eigenvalue weighted by atomic mass is 79.9. The predicted octanol–water partition coefficient (Wildman–Crippen LogP) is 3.97. The number of ether oxygens (including phenoxy) is 1. The van der Waals surface area contributed by atoms with Crippen molar-refractivity contribution in [3.05, 3.63) is 57.8 Å². The van der Waals surface area contributed by atoms with Crippen LogP contribution >= 0.6 is 27.5 Å². The number of rotatable bonds is 4. The zero-order valence-corrected chi connectivity index (χ0v) is 15.8. The first-order valence-electron chi connectivity index (χ1n) is 7.89. The average molecular weight is 428 g/mol. The van der Waals surface area contributed by atoms with E-state index in [4.69, 9.17) is 16.3 Å².